The maximum Gasteiger partial charge on any atom is 0.416 e. The van der Waals surface area contributed by atoms with Crippen LogP contribution in [-0.2, 0) is 18.0 Å². The molecule has 0 unspecified atom stereocenters. The summed E-state index contributed by atoms with van der Waals surface area (Å²) in [6.45, 7) is 3.34. The molecule has 3 heterocycles. The topological polar surface area (TPSA) is 60.1 Å². The van der Waals surface area contributed by atoms with Crippen molar-refractivity contribution in [1.29, 1.82) is 0 Å². The molecule has 1 aromatic carbocycles. The van der Waals surface area contributed by atoms with E-state index in [0.717, 1.165) is 12.1 Å². The molecular weight excluding hydrogens is 404 g/mol. The number of aromatic nitrogens is 3. The highest BCUT2D eigenvalue weighted by Crippen LogP contribution is 2.34. The lowest BCUT2D eigenvalue weighted by Crippen LogP contribution is -2.51. The summed E-state index contributed by atoms with van der Waals surface area (Å²) in [5, 5.41) is 5.12. The number of amides is 1. The quantitative estimate of drug-likeness (QED) is 0.483. The first-order valence-electron chi connectivity index (χ1n) is 8.97. The Kier molecular flexibility index (Phi) is 4.52. The third-order valence-electron chi connectivity index (χ3n) is 5.17. The molecule has 0 spiro atoms. The Labute approximate surface area is 167 Å². The molecule has 0 saturated carbocycles. The molecule has 1 saturated heterocycles. The summed E-state index contributed by atoms with van der Waals surface area (Å²) in [7, 11) is 1.56. The molecule has 0 bridgehead atoms. The number of rotatable bonds is 3. The lowest BCUT2D eigenvalue weighted by atomic mass is 10.1. The van der Waals surface area contributed by atoms with Gasteiger partial charge in [-0.05, 0) is 18.2 Å². The predicted octanol–water partition coefficient (Wildman–Crippen LogP) is 3.29. The van der Waals surface area contributed by atoms with Crippen LogP contribution in [0.1, 0.15) is 11.6 Å². The predicted molar refractivity (Wildman–Crippen MR) is 101 cm³/mol. The number of carbonyl (C=O) groups excluding carboxylic acids is 1. The Hall–Kier alpha value is -3.43. The number of likely N-dealkylation sites (tertiary alicyclic amines) is 1. The number of benzene rings is 1. The fourth-order valence-corrected chi connectivity index (χ4v) is 3.53. The van der Waals surface area contributed by atoms with E-state index in [2.05, 4.69) is 11.7 Å². The van der Waals surface area contributed by atoms with Gasteiger partial charge in [-0.2, -0.15) is 18.3 Å². The first-order chi connectivity index (χ1) is 14.1. The molecule has 10 heteroatoms. The van der Waals surface area contributed by atoms with E-state index in [1.54, 1.807) is 17.8 Å². The van der Waals surface area contributed by atoms with Crippen molar-refractivity contribution in [2.45, 2.75) is 12.2 Å². The van der Waals surface area contributed by atoms with Crippen molar-refractivity contribution < 1.29 is 22.4 Å². The molecule has 4 rings (SSSR count). The average molecular weight is 420 g/mol. The molecule has 1 amide bonds. The lowest BCUT2D eigenvalue weighted by molar-refractivity contribution is -0.137. The van der Waals surface area contributed by atoms with Gasteiger partial charge >= 0.3 is 6.18 Å². The number of alkyl halides is 3. The van der Waals surface area contributed by atoms with E-state index in [-0.39, 0.29) is 24.7 Å². The smallest absolute Gasteiger partial charge is 0.332 e. The van der Waals surface area contributed by atoms with Crippen LogP contribution in [0.3, 0.4) is 0 Å². The molecule has 1 fully saturated rings. The Morgan fingerprint density at radius 3 is 2.33 bits per heavy atom. The minimum absolute atomic E-state index is 0.175. The maximum absolute atomic E-state index is 13.1. The molecule has 0 N–H and O–H groups in total. The summed E-state index contributed by atoms with van der Waals surface area (Å²) in [6.07, 6.45) is -4.45. The summed E-state index contributed by atoms with van der Waals surface area (Å²) in [4.78, 5) is 25.1. The summed E-state index contributed by atoms with van der Waals surface area (Å²) in [6, 6.07) is 7.20. The van der Waals surface area contributed by atoms with Crippen molar-refractivity contribution in [2.24, 2.45) is 7.05 Å². The van der Waals surface area contributed by atoms with Crippen molar-refractivity contribution in [3.63, 3.8) is 0 Å². The van der Waals surface area contributed by atoms with Gasteiger partial charge in [0.2, 0.25) is 0 Å². The monoisotopic (exact) mass is 420 g/mol. The summed E-state index contributed by atoms with van der Waals surface area (Å²) >= 11 is 0. The van der Waals surface area contributed by atoms with Crippen LogP contribution in [0.4, 0.5) is 17.6 Å². The third-order valence-corrected chi connectivity index (χ3v) is 5.17. The van der Waals surface area contributed by atoms with Crippen LogP contribution < -0.4 is 5.56 Å². The van der Waals surface area contributed by atoms with E-state index in [1.807, 2.05) is 0 Å². The van der Waals surface area contributed by atoms with E-state index in [4.69, 9.17) is 0 Å². The Morgan fingerprint density at radius 2 is 1.77 bits per heavy atom. The van der Waals surface area contributed by atoms with Gasteiger partial charge in [-0.25, -0.2) is 9.07 Å². The number of hydrogen-bond donors (Lipinski definition) is 0. The molecule has 30 heavy (non-hydrogen) atoms. The van der Waals surface area contributed by atoms with E-state index in [1.165, 1.54) is 27.7 Å². The van der Waals surface area contributed by atoms with Crippen molar-refractivity contribution in [2.75, 3.05) is 13.1 Å². The van der Waals surface area contributed by atoms with Crippen LogP contribution in [0.2, 0.25) is 0 Å². The number of carbonyl (C=O) groups is 1. The van der Waals surface area contributed by atoms with Crippen molar-refractivity contribution in [3.8, 4) is 11.3 Å². The summed E-state index contributed by atoms with van der Waals surface area (Å²) in [5.74, 6) is -1.86. The number of fused-ring (bicyclic) bond motifs is 1. The number of halogens is 4. The van der Waals surface area contributed by atoms with Crippen molar-refractivity contribution in [3.05, 3.63) is 64.7 Å². The highest BCUT2D eigenvalue weighted by molar-refractivity contribution is 5.92. The van der Waals surface area contributed by atoms with Crippen LogP contribution in [0.5, 0.6) is 0 Å². The Bertz CT molecular complexity index is 1220. The molecule has 0 aliphatic carbocycles. The number of pyridine rings is 1. The molecule has 6 nitrogen and oxygen atoms in total. The van der Waals surface area contributed by atoms with E-state index >= 15 is 0 Å². The minimum atomic E-state index is -4.45. The minimum Gasteiger partial charge on any atom is -0.332 e. The second-order valence-corrected chi connectivity index (χ2v) is 7.11. The van der Waals surface area contributed by atoms with E-state index < -0.39 is 23.5 Å². The Morgan fingerprint density at radius 1 is 1.13 bits per heavy atom. The van der Waals surface area contributed by atoms with Gasteiger partial charge < -0.3 is 4.90 Å². The second kappa shape index (κ2) is 6.82. The normalized spacial score (nSPS) is 14.8. The van der Waals surface area contributed by atoms with Crippen LogP contribution in [0.15, 0.2) is 53.6 Å². The zero-order valence-corrected chi connectivity index (χ0v) is 15.8. The summed E-state index contributed by atoms with van der Waals surface area (Å²) in [5.41, 5.74) is 0.270. The molecule has 0 radical (unpaired) electrons. The molecular formula is C20H16F4N4O2. The maximum atomic E-state index is 13.1. The fraction of sp³-hybridized carbons (Fsp3) is 0.250. The second-order valence-electron chi connectivity index (χ2n) is 7.11. The zero-order chi connectivity index (χ0) is 21.8. The largest absolute Gasteiger partial charge is 0.416 e. The molecule has 2 aromatic heterocycles. The highest BCUT2D eigenvalue weighted by atomic mass is 19.4. The van der Waals surface area contributed by atoms with Crippen LogP contribution >= 0.6 is 0 Å². The molecule has 0 atom stereocenters. The van der Waals surface area contributed by atoms with Gasteiger partial charge in [0.25, 0.3) is 11.5 Å². The SMILES string of the molecule is C=C(F)C(=O)N1CC(n2nc(-c3ccc(C(F)(F)F)cc3)c3ccc(=O)n(C)c32)C1. The number of hydrogen-bond acceptors (Lipinski definition) is 3. The molecule has 1 aliphatic heterocycles. The van der Waals surface area contributed by atoms with Crippen molar-refractivity contribution in [1.82, 2.24) is 19.2 Å². The lowest BCUT2D eigenvalue weighted by Gasteiger charge is -2.39. The van der Waals surface area contributed by atoms with Gasteiger partial charge in [0.05, 0.1) is 11.6 Å². The zero-order valence-electron chi connectivity index (χ0n) is 15.8. The summed E-state index contributed by atoms with van der Waals surface area (Å²) < 4.78 is 54.6. The Balaban J connectivity index is 1.78. The highest BCUT2D eigenvalue weighted by Gasteiger charge is 2.36. The van der Waals surface area contributed by atoms with Crippen molar-refractivity contribution >= 4 is 16.9 Å². The molecule has 1 aliphatic rings. The van der Waals surface area contributed by atoms with E-state index in [0.29, 0.717) is 22.3 Å². The molecule has 3 aromatic rings. The van der Waals surface area contributed by atoms with Gasteiger partial charge in [0.1, 0.15) is 11.3 Å². The third kappa shape index (κ3) is 3.17. The fourth-order valence-electron chi connectivity index (χ4n) is 3.53. The van der Waals surface area contributed by atoms with Crippen LogP contribution in [-0.4, -0.2) is 38.2 Å². The van der Waals surface area contributed by atoms with Gasteiger partial charge in [-0.3, -0.25) is 14.2 Å². The first-order valence-corrected chi connectivity index (χ1v) is 8.97. The average Bonchev–Trinajstić information content (AvgIpc) is 3.02. The van der Waals surface area contributed by atoms with Gasteiger partial charge in [0.15, 0.2) is 5.83 Å². The van der Waals surface area contributed by atoms with Crippen LogP contribution in [0, 0.1) is 0 Å². The number of aryl methyl sites for hydroxylation is 1. The van der Waals surface area contributed by atoms with Gasteiger partial charge in [-0.15, -0.1) is 0 Å². The standard InChI is InChI=1S/C20H16F4N4O2/c1-11(21)19(30)27-9-14(10-27)28-18-15(7-8-16(29)26(18)2)17(25-28)12-3-5-13(6-4-12)20(22,23)24/h3-8,14H,1,9-10H2,2H3. The van der Waals surface area contributed by atoms with Crippen LogP contribution in [0.25, 0.3) is 22.3 Å². The first kappa shape index (κ1) is 19.9. The molecule has 156 valence electrons. The van der Waals surface area contributed by atoms with E-state index in [9.17, 15) is 27.2 Å². The van der Waals surface area contributed by atoms with Gasteiger partial charge in [-0.1, -0.05) is 18.7 Å². The van der Waals surface area contributed by atoms with Gasteiger partial charge in [0, 0.05) is 37.2 Å². The number of nitrogens with zero attached hydrogens (tertiary/aromatic N) is 4.